The Morgan fingerprint density at radius 2 is 1.35 bits per heavy atom. The first-order valence-electron chi connectivity index (χ1n) is 8.64. The molecule has 0 saturated carbocycles. The molecule has 0 radical (unpaired) electrons. The maximum Gasteiger partial charge on any atom is 0.265 e. The summed E-state index contributed by atoms with van der Waals surface area (Å²) < 4.78 is 5.83. The van der Waals surface area contributed by atoms with Gasteiger partial charge in [0.1, 0.15) is 5.75 Å². The van der Waals surface area contributed by atoms with Crippen LogP contribution >= 0.6 is 0 Å². The lowest BCUT2D eigenvalue weighted by atomic mass is 10.1. The molecular formula is C23H19NO2. The maximum atomic E-state index is 12.5. The molecule has 1 amide bonds. The molecule has 0 bridgehead atoms. The van der Waals surface area contributed by atoms with E-state index in [2.05, 4.69) is 11.4 Å². The number of amides is 1. The van der Waals surface area contributed by atoms with Gasteiger partial charge in [0, 0.05) is 5.69 Å². The number of hydrogen-bond acceptors (Lipinski definition) is 2. The van der Waals surface area contributed by atoms with Crippen molar-refractivity contribution in [3.05, 3.63) is 84.9 Å². The molecule has 4 aromatic rings. The summed E-state index contributed by atoms with van der Waals surface area (Å²) in [5.41, 5.74) is 0.766. The van der Waals surface area contributed by atoms with E-state index in [0.717, 1.165) is 27.2 Å². The molecule has 4 aromatic carbocycles. The molecule has 3 nitrogen and oxygen atoms in total. The molecule has 0 aliphatic rings. The molecule has 0 aliphatic carbocycles. The number of rotatable bonds is 4. The molecule has 4 rings (SSSR count). The number of carbonyl (C=O) groups excluding carboxylic acids is 1. The summed E-state index contributed by atoms with van der Waals surface area (Å²) in [6.45, 7) is 1.76. The van der Waals surface area contributed by atoms with Crippen LogP contribution in [0.1, 0.15) is 6.92 Å². The van der Waals surface area contributed by atoms with Gasteiger partial charge in [-0.15, -0.1) is 0 Å². The van der Waals surface area contributed by atoms with Crippen LogP contribution in [0.3, 0.4) is 0 Å². The van der Waals surface area contributed by atoms with Gasteiger partial charge in [-0.3, -0.25) is 4.79 Å². The molecule has 0 aromatic heterocycles. The third-order valence-electron chi connectivity index (χ3n) is 4.42. The quantitative estimate of drug-likeness (QED) is 0.540. The van der Waals surface area contributed by atoms with E-state index < -0.39 is 6.10 Å². The van der Waals surface area contributed by atoms with E-state index in [1.807, 2.05) is 78.9 Å². The Morgan fingerprint density at radius 3 is 2.04 bits per heavy atom. The van der Waals surface area contributed by atoms with Crippen molar-refractivity contribution in [3.8, 4) is 5.75 Å². The fourth-order valence-electron chi connectivity index (χ4n) is 3.01. The van der Waals surface area contributed by atoms with Gasteiger partial charge < -0.3 is 10.1 Å². The highest BCUT2D eigenvalue weighted by Gasteiger charge is 2.15. The molecule has 128 valence electrons. The van der Waals surface area contributed by atoms with Gasteiger partial charge in [0.05, 0.1) is 0 Å². The van der Waals surface area contributed by atoms with Crippen LogP contribution in [0.4, 0.5) is 5.69 Å². The molecule has 26 heavy (non-hydrogen) atoms. The Labute approximate surface area is 152 Å². The first-order chi connectivity index (χ1) is 12.7. The minimum absolute atomic E-state index is 0.173. The van der Waals surface area contributed by atoms with Crippen LogP contribution in [-0.4, -0.2) is 12.0 Å². The first kappa shape index (κ1) is 16.2. The van der Waals surface area contributed by atoms with E-state index in [0.29, 0.717) is 5.75 Å². The van der Waals surface area contributed by atoms with Gasteiger partial charge in [-0.25, -0.2) is 0 Å². The zero-order valence-electron chi connectivity index (χ0n) is 14.5. The SMILES string of the molecule is C[C@@H](Oc1ccc2ccccc2c1)C(=O)Nc1ccc2ccccc2c1. The Balaban J connectivity index is 1.47. The summed E-state index contributed by atoms with van der Waals surface area (Å²) in [6.07, 6.45) is -0.595. The van der Waals surface area contributed by atoms with Crippen molar-refractivity contribution in [1.29, 1.82) is 0 Å². The smallest absolute Gasteiger partial charge is 0.265 e. The lowest BCUT2D eigenvalue weighted by Crippen LogP contribution is -2.30. The van der Waals surface area contributed by atoms with Crippen molar-refractivity contribution in [3.63, 3.8) is 0 Å². The van der Waals surface area contributed by atoms with Gasteiger partial charge in [0.2, 0.25) is 0 Å². The van der Waals surface area contributed by atoms with Crippen LogP contribution in [0.5, 0.6) is 5.75 Å². The molecule has 0 unspecified atom stereocenters. The fraction of sp³-hybridized carbons (Fsp3) is 0.0870. The largest absolute Gasteiger partial charge is 0.481 e. The summed E-state index contributed by atoms with van der Waals surface area (Å²) in [6, 6.07) is 27.8. The number of hydrogen-bond donors (Lipinski definition) is 1. The number of carbonyl (C=O) groups is 1. The van der Waals surface area contributed by atoms with Crippen molar-refractivity contribution in [2.45, 2.75) is 13.0 Å². The Bertz CT molecular complexity index is 1090. The van der Waals surface area contributed by atoms with E-state index in [-0.39, 0.29) is 5.91 Å². The third kappa shape index (κ3) is 3.38. The molecule has 1 atom stereocenters. The van der Waals surface area contributed by atoms with Gasteiger partial charge in [-0.05, 0) is 52.7 Å². The fourth-order valence-corrected chi connectivity index (χ4v) is 3.01. The minimum Gasteiger partial charge on any atom is -0.481 e. The van der Waals surface area contributed by atoms with E-state index in [1.54, 1.807) is 6.92 Å². The summed E-state index contributed by atoms with van der Waals surface area (Å²) in [7, 11) is 0. The number of nitrogens with one attached hydrogen (secondary N) is 1. The minimum atomic E-state index is -0.595. The van der Waals surface area contributed by atoms with Crippen LogP contribution < -0.4 is 10.1 Å². The van der Waals surface area contributed by atoms with E-state index in [1.165, 1.54) is 0 Å². The Hall–Kier alpha value is -3.33. The highest BCUT2D eigenvalue weighted by Crippen LogP contribution is 2.22. The van der Waals surface area contributed by atoms with Crippen LogP contribution in [0.15, 0.2) is 84.9 Å². The predicted molar refractivity (Wildman–Crippen MR) is 107 cm³/mol. The molecule has 0 saturated heterocycles. The van der Waals surface area contributed by atoms with E-state index in [9.17, 15) is 4.79 Å². The molecule has 0 aliphatic heterocycles. The highest BCUT2D eigenvalue weighted by atomic mass is 16.5. The van der Waals surface area contributed by atoms with Gasteiger partial charge in [0.25, 0.3) is 5.91 Å². The maximum absolute atomic E-state index is 12.5. The second-order valence-electron chi connectivity index (χ2n) is 6.32. The Morgan fingerprint density at radius 1 is 0.769 bits per heavy atom. The summed E-state index contributed by atoms with van der Waals surface area (Å²) in [4.78, 5) is 12.5. The number of benzene rings is 4. The third-order valence-corrected chi connectivity index (χ3v) is 4.42. The zero-order chi connectivity index (χ0) is 17.9. The molecule has 0 spiro atoms. The predicted octanol–water partition coefficient (Wildman–Crippen LogP) is 5.40. The highest BCUT2D eigenvalue weighted by molar-refractivity contribution is 5.96. The average molecular weight is 341 g/mol. The first-order valence-corrected chi connectivity index (χ1v) is 8.64. The molecule has 1 N–H and O–H groups in total. The van der Waals surface area contributed by atoms with E-state index >= 15 is 0 Å². The lowest BCUT2D eigenvalue weighted by Gasteiger charge is -2.15. The van der Waals surface area contributed by atoms with Crippen LogP contribution in [0, 0.1) is 0 Å². The van der Waals surface area contributed by atoms with Crippen LogP contribution in [0.25, 0.3) is 21.5 Å². The topological polar surface area (TPSA) is 38.3 Å². The second kappa shape index (κ2) is 6.89. The monoisotopic (exact) mass is 341 g/mol. The number of fused-ring (bicyclic) bond motifs is 2. The number of ether oxygens (including phenoxy) is 1. The molecule has 3 heteroatoms. The van der Waals surface area contributed by atoms with Crippen molar-refractivity contribution in [2.75, 3.05) is 5.32 Å². The summed E-state index contributed by atoms with van der Waals surface area (Å²) in [5, 5.41) is 7.40. The summed E-state index contributed by atoms with van der Waals surface area (Å²) in [5.74, 6) is 0.512. The van der Waals surface area contributed by atoms with Gasteiger partial charge >= 0.3 is 0 Å². The average Bonchev–Trinajstić information content (AvgIpc) is 2.67. The van der Waals surface area contributed by atoms with E-state index in [4.69, 9.17) is 4.74 Å². The van der Waals surface area contributed by atoms with Crippen molar-refractivity contribution in [2.24, 2.45) is 0 Å². The summed E-state index contributed by atoms with van der Waals surface area (Å²) >= 11 is 0. The normalized spacial score (nSPS) is 12.0. The standard InChI is InChI=1S/C23H19NO2/c1-16(26-22-13-11-18-7-3-5-9-20(18)15-22)23(25)24-21-12-10-17-6-2-4-8-19(17)14-21/h2-16H,1H3,(H,24,25)/t16-/m1/s1. The Kier molecular flexibility index (Phi) is 4.28. The molecule has 0 heterocycles. The van der Waals surface area contributed by atoms with Crippen molar-refractivity contribution in [1.82, 2.24) is 0 Å². The van der Waals surface area contributed by atoms with Crippen molar-refractivity contribution < 1.29 is 9.53 Å². The van der Waals surface area contributed by atoms with Crippen LogP contribution in [0.2, 0.25) is 0 Å². The van der Waals surface area contributed by atoms with Gasteiger partial charge in [-0.1, -0.05) is 60.7 Å². The zero-order valence-corrected chi connectivity index (χ0v) is 14.5. The molecule has 0 fully saturated rings. The van der Waals surface area contributed by atoms with Gasteiger partial charge in [0.15, 0.2) is 6.10 Å². The molecular weight excluding hydrogens is 322 g/mol. The lowest BCUT2D eigenvalue weighted by molar-refractivity contribution is -0.122. The van der Waals surface area contributed by atoms with Crippen LogP contribution in [-0.2, 0) is 4.79 Å². The van der Waals surface area contributed by atoms with Crippen molar-refractivity contribution >= 4 is 33.1 Å². The van der Waals surface area contributed by atoms with Gasteiger partial charge in [-0.2, -0.15) is 0 Å². The number of anilines is 1. The second-order valence-corrected chi connectivity index (χ2v) is 6.32.